The van der Waals surface area contributed by atoms with Crippen molar-refractivity contribution in [2.24, 2.45) is 0 Å². The largest absolute Gasteiger partial charge is 0.508 e. The molecule has 3 heteroatoms. The quantitative estimate of drug-likeness (QED) is 0.653. The van der Waals surface area contributed by atoms with Crippen molar-refractivity contribution < 1.29 is 15.3 Å². The number of aryl methyl sites for hydroxylation is 2. The van der Waals surface area contributed by atoms with Gasteiger partial charge in [0.05, 0.1) is 0 Å². The fourth-order valence-electron chi connectivity index (χ4n) is 3.11. The van der Waals surface area contributed by atoms with Crippen LogP contribution in [0.5, 0.6) is 17.2 Å². The molecule has 0 aliphatic carbocycles. The van der Waals surface area contributed by atoms with Gasteiger partial charge in [0.15, 0.2) is 0 Å². The highest BCUT2D eigenvalue weighted by atomic mass is 16.3. The summed E-state index contributed by atoms with van der Waals surface area (Å²) in [5, 5.41) is 29.5. The fraction of sp³-hybridized carbons (Fsp3) is 0.182. The van der Waals surface area contributed by atoms with Gasteiger partial charge in [0.1, 0.15) is 17.2 Å². The van der Waals surface area contributed by atoms with Crippen molar-refractivity contribution in [1.29, 1.82) is 0 Å². The van der Waals surface area contributed by atoms with E-state index in [1.807, 2.05) is 50.2 Å². The minimum atomic E-state index is 0.258. The molecule has 128 valence electrons. The van der Waals surface area contributed by atoms with Gasteiger partial charge in [-0.3, -0.25) is 0 Å². The highest BCUT2D eigenvalue weighted by molar-refractivity contribution is 5.46. The summed E-state index contributed by atoms with van der Waals surface area (Å²) in [5.41, 5.74) is 5.81. The highest BCUT2D eigenvalue weighted by Gasteiger charge is 2.08. The molecule has 0 saturated carbocycles. The average Bonchev–Trinajstić information content (AvgIpc) is 2.58. The molecule has 0 amide bonds. The number of phenols is 3. The Kier molecular flexibility index (Phi) is 4.66. The van der Waals surface area contributed by atoms with Crippen LogP contribution in [0.15, 0.2) is 54.6 Å². The van der Waals surface area contributed by atoms with Gasteiger partial charge >= 0.3 is 0 Å². The van der Waals surface area contributed by atoms with E-state index in [-0.39, 0.29) is 11.5 Å². The van der Waals surface area contributed by atoms with Crippen LogP contribution in [0.4, 0.5) is 0 Å². The summed E-state index contributed by atoms with van der Waals surface area (Å²) in [6.45, 7) is 3.76. The van der Waals surface area contributed by atoms with Crippen LogP contribution in [-0.4, -0.2) is 15.3 Å². The molecule has 0 saturated heterocycles. The number of aromatic hydroxyl groups is 3. The van der Waals surface area contributed by atoms with Gasteiger partial charge in [-0.1, -0.05) is 36.4 Å². The van der Waals surface area contributed by atoms with Gasteiger partial charge in [-0.15, -0.1) is 0 Å². The number of benzene rings is 3. The number of phenolic OH excluding ortho intramolecular Hbond substituents is 3. The molecule has 0 heterocycles. The zero-order valence-electron chi connectivity index (χ0n) is 14.5. The Bertz CT molecular complexity index is 873. The van der Waals surface area contributed by atoms with Crippen molar-refractivity contribution in [3.05, 3.63) is 88.0 Å². The van der Waals surface area contributed by atoms with Gasteiger partial charge in [0.2, 0.25) is 0 Å². The lowest BCUT2D eigenvalue weighted by molar-refractivity contribution is 0.466. The summed E-state index contributed by atoms with van der Waals surface area (Å²) in [6.07, 6.45) is 1.35. The zero-order chi connectivity index (χ0) is 18.0. The lowest BCUT2D eigenvalue weighted by Crippen LogP contribution is -1.95. The Hall–Kier alpha value is -2.94. The molecule has 0 atom stereocenters. The minimum absolute atomic E-state index is 0.258. The normalized spacial score (nSPS) is 10.8. The second-order valence-electron chi connectivity index (χ2n) is 6.56. The first-order chi connectivity index (χ1) is 11.9. The third-order valence-corrected chi connectivity index (χ3v) is 4.43. The van der Waals surface area contributed by atoms with Gasteiger partial charge in [0.25, 0.3) is 0 Å². The van der Waals surface area contributed by atoms with Crippen molar-refractivity contribution in [2.75, 3.05) is 0 Å². The molecular weight excluding hydrogens is 312 g/mol. The van der Waals surface area contributed by atoms with E-state index in [9.17, 15) is 15.3 Å². The van der Waals surface area contributed by atoms with Crippen LogP contribution in [0.2, 0.25) is 0 Å². The van der Waals surface area contributed by atoms with Crippen LogP contribution in [0.25, 0.3) is 0 Å². The Labute approximate surface area is 147 Å². The summed E-state index contributed by atoms with van der Waals surface area (Å²) in [6, 6.07) is 16.7. The molecule has 0 bridgehead atoms. The standard InChI is InChI=1S/C22H22O3/c1-14-9-18(10-15(2)22(14)25)13-19-12-17(5-8-21(19)24)11-16-3-6-20(23)7-4-16/h3-10,12,23-25H,11,13H2,1-2H3. The summed E-state index contributed by atoms with van der Waals surface area (Å²) in [7, 11) is 0. The predicted octanol–water partition coefficient (Wildman–Crippen LogP) is 4.60. The summed E-state index contributed by atoms with van der Waals surface area (Å²) in [4.78, 5) is 0. The van der Waals surface area contributed by atoms with Crippen molar-refractivity contribution in [2.45, 2.75) is 26.7 Å². The maximum Gasteiger partial charge on any atom is 0.121 e. The van der Waals surface area contributed by atoms with Crippen molar-refractivity contribution in [3.8, 4) is 17.2 Å². The van der Waals surface area contributed by atoms with Crippen LogP contribution in [0, 0.1) is 13.8 Å². The van der Waals surface area contributed by atoms with Crippen molar-refractivity contribution >= 4 is 0 Å². The maximum absolute atomic E-state index is 10.2. The number of hydrogen-bond acceptors (Lipinski definition) is 3. The van der Waals surface area contributed by atoms with E-state index < -0.39 is 0 Å². The topological polar surface area (TPSA) is 60.7 Å². The van der Waals surface area contributed by atoms with Crippen LogP contribution in [-0.2, 0) is 12.8 Å². The molecular formula is C22H22O3. The van der Waals surface area contributed by atoms with Crippen LogP contribution >= 0.6 is 0 Å². The first-order valence-corrected chi connectivity index (χ1v) is 8.30. The third kappa shape index (κ3) is 3.94. The van der Waals surface area contributed by atoms with E-state index in [4.69, 9.17) is 0 Å². The lowest BCUT2D eigenvalue weighted by Gasteiger charge is -2.11. The van der Waals surface area contributed by atoms with E-state index >= 15 is 0 Å². The van der Waals surface area contributed by atoms with Gasteiger partial charge in [-0.2, -0.15) is 0 Å². The average molecular weight is 334 g/mol. The second-order valence-corrected chi connectivity index (χ2v) is 6.56. The lowest BCUT2D eigenvalue weighted by atomic mass is 9.96. The summed E-state index contributed by atoms with van der Waals surface area (Å²) < 4.78 is 0. The molecule has 3 N–H and O–H groups in total. The molecule has 0 aliphatic rings. The first kappa shape index (κ1) is 16.9. The van der Waals surface area contributed by atoms with Crippen molar-refractivity contribution in [1.82, 2.24) is 0 Å². The molecule has 3 rings (SSSR count). The smallest absolute Gasteiger partial charge is 0.121 e. The van der Waals surface area contributed by atoms with E-state index in [0.29, 0.717) is 12.2 Å². The Morgan fingerprint density at radius 2 is 1.24 bits per heavy atom. The highest BCUT2D eigenvalue weighted by Crippen LogP contribution is 2.28. The van der Waals surface area contributed by atoms with Crippen LogP contribution in [0.1, 0.15) is 33.4 Å². The zero-order valence-corrected chi connectivity index (χ0v) is 14.5. The third-order valence-electron chi connectivity index (χ3n) is 4.43. The molecule has 0 aromatic heterocycles. The van der Waals surface area contributed by atoms with Gasteiger partial charge in [0, 0.05) is 6.42 Å². The molecule has 0 aliphatic heterocycles. The van der Waals surface area contributed by atoms with Gasteiger partial charge in [-0.25, -0.2) is 0 Å². The van der Waals surface area contributed by atoms with Crippen LogP contribution < -0.4 is 0 Å². The van der Waals surface area contributed by atoms with E-state index in [1.165, 1.54) is 0 Å². The Balaban J connectivity index is 1.85. The monoisotopic (exact) mass is 334 g/mol. The molecule has 3 aromatic rings. The number of hydrogen-bond donors (Lipinski definition) is 3. The molecule has 0 fully saturated rings. The van der Waals surface area contributed by atoms with E-state index in [2.05, 4.69) is 0 Å². The molecule has 0 unspecified atom stereocenters. The van der Waals surface area contributed by atoms with E-state index in [0.717, 1.165) is 39.8 Å². The maximum atomic E-state index is 10.2. The first-order valence-electron chi connectivity index (χ1n) is 8.30. The Morgan fingerprint density at radius 3 is 1.88 bits per heavy atom. The molecule has 3 aromatic carbocycles. The predicted molar refractivity (Wildman–Crippen MR) is 99.4 cm³/mol. The van der Waals surface area contributed by atoms with Gasteiger partial charge < -0.3 is 15.3 Å². The number of rotatable bonds is 4. The molecule has 0 spiro atoms. The second kappa shape index (κ2) is 6.89. The Morgan fingerprint density at radius 1 is 0.640 bits per heavy atom. The fourth-order valence-corrected chi connectivity index (χ4v) is 3.11. The molecule has 25 heavy (non-hydrogen) atoms. The summed E-state index contributed by atoms with van der Waals surface area (Å²) in [5.74, 6) is 0.861. The van der Waals surface area contributed by atoms with Crippen molar-refractivity contribution in [3.63, 3.8) is 0 Å². The SMILES string of the molecule is Cc1cc(Cc2cc(Cc3ccc(O)cc3)ccc2O)cc(C)c1O. The van der Waals surface area contributed by atoms with Gasteiger partial charge in [-0.05, 0) is 71.8 Å². The minimum Gasteiger partial charge on any atom is -0.508 e. The van der Waals surface area contributed by atoms with Crippen LogP contribution in [0.3, 0.4) is 0 Å². The summed E-state index contributed by atoms with van der Waals surface area (Å²) >= 11 is 0. The van der Waals surface area contributed by atoms with E-state index in [1.54, 1.807) is 18.2 Å². The molecule has 0 radical (unpaired) electrons. The molecule has 3 nitrogen and oxygen atoms in total.